The monoisotopic (exact) mass is 451 g/mol. The molecule has 0 bridgehead atoms. The fraction of sp³-hybridized carbons (Fsp3) is 0.292. The van der Waals surface area contributed by atoms with Gasteiger partial charge in [0.2, 0.25) is 0 Å². The second kappa shape index (κ2) is 10.2. The summed E-state index contributed by atoms with van der Waals surface area (Å²) in [5.41, 5.74) is 2.12. The molecule has 1 aromatic heterocycles. The minimum atomic E-state index is -0.684. The van der Waals surface area contributed by atoms with Gasteiger partial charge in [-0.25, -0.2) is 9.48 Å². The fourth-order valence-electron chi connectivity index (χ4n) is 3.55. The first-order chi connectivity index (χ1) is 16.1. The molecular formula is C24H25N3O6. The number of ether oxygens (including phenoxy) is 4. The van der Waals surface area contributed by atoms with Crippen molar-refractivity contribution >= 4 is 11.9 Å². The van der Waals surface area contributed by atoms with Crippen molar-refractivity contribution in [3.05, 3.63) is 60.4 Å². The minimum Gasteiger partial charge on any atom is -0.493 e. The van der Waals surface area contributed by atoms with E-state index in [1.165, 1.54) is 0 Å². The number of para-hydroxylation sites is 1. The van der Waals surface area contributed by atoms with Gasteiger partial charge in [-0.05, 0) is 29.8 Å². The molecular weight excluding hydrogens is 426 g/mol. The zero-order chi connectivity index (χ0) is 23.2. The number of morpholine rings is 1. The Balaban J connectivity index is 1.63. The largest absolute Gasteiger partial charge is 0.493 e. The van der Waals surface area contributed by atoms with Gasteiger partial charge >= 0.3 is 5.97 Å². The third-order valence-corrected chi connectivity index (χ3v) is 5.31. The molecule has 0 atom stereocenters. The summed E-state index contributed by atoms with van der Waals surface area (Å²) in [5.74, 6) is 0.138. The van der Waals surface area contributed by atoms with Gasteiger partial charge in [0.25, 0.3) is 5.91 Å². The SMILES string of the molecule is COc1ccc(-c2cn(-c3ccccc3)nc2C(=O)OCC(=O)N2CCOCC2)cc1OC. The lowest BCUT2D eigenvalue weighted by Crippen LogP contribution is -2.42. The molecule has 9 nitrogen and oxygen atoms in total. The van der Waals surface area contributed by atoms with Crippen LogP contribution in [0.1, 0.15) is 10.5 Å². The molecule has 0 unspecified atom stereocenters. The van der Waals surface area contributed by atoms with Gasteiger partial charge in [-0.15, -0.1) is 0 Å². The molecule has 172 valence electrons. The molecule has 1 amide bonds. The average molecular weight is 451 g/mol. The van der Waals surface area contributed by atoms with Crippen LogP contribution >= 0.6 is 0 Å². The third-order valence-electron chi connectivity index (χ3n) is 5.31. The predicted molar refractivity (Wildman–Crippen MR) is 120 cm³/mol. The predicted octanol–water partition coefficient (Wildman–Crippen LogP) is 2.57. The summed E-state index contributed by atoms with van der Waals surface area (Å²) in [6.07, 6.45) is 1.75. The van der Waals surface area contributed by atoms with Crippen molar-refractivity contribution in [1.82, 2.24) is 14.7 Å². The molecule has 4 rings (SSSR count). The second-order valence-corrected chi connectivity index (χ2v) is 7.31. The van der Waals surface area contributed by atoms with Gasteiger partial charge in [0.15, 0.2) is 23.8 Å². The van der Waals surface area contributed by atoms with E-state index in [0.29, 0.717) is 48.9 Å². The second-order valence-electron chi connectivity index (χ2n) is 7.31. The molecule has 0 spiro atoms. The number of carbonyl (C=O) groups is 2. The number of hydrogen-bond acceptors (Lipinski definition) is 7. The Morgan fingerprint density at radius 2 is 1.73 bits per heavy atom. The summed E-state index contributed by atoms with van der Waals surface area (Å²) < 4.78 is 22.9. The Bertz CT molecular complexity index is 1120. The van der Waals surface area contributed by atoms with E-state index in [1.807, 2.05) is 36.4 Å². The quantitative estimate of drug-likeness (QED) is 0.510. The Kier molecular flexibility index (Phi) is 6.89. The van der Waals surface area contributed by atoms with Gasteiger partial charge in [-0.3, -0.25) is 4.79 Å². The summed E-state index contributed by atoms with van der Waals surface area (Å²) in [4.78, 5) is 27.0. The van der Waals surface area contributed by atoms with E-state index in [1.54, 1.807) is 42.1 Å². The molecule has 1 fully saturated rings. The lowest BCUT2D eigenvalue weighted by molar-refractivity contribution is -0.138. The van der Waals surface area contributed by atoms with E-state index in [0.717, 1.165) is 5.69 Å². The summed E-state index contributed by atoms with van der Waals surface area (Å²) in [6, 6.07) is 14.7. The van der Waals surface area contributed by atoms with Crippen molar-refractivity contribution in [2.24, 2.45) is 0 Å². The van der Waals surface area contributed by atoms with Crippen LogP contribution in [0.3, 0.4) is 0 Å². The first kappa shape index (κ1) is 22.3. The van der Waals surface area contributed by atoms with Crippen molar-refractivity contribution < 1.29 is 28.5 Å². The smallest absolute Gasteiger partial charge is 0.360 e. The standard InChI is InChI=1S/C24H25N3O6/c1-30-20-9-8-17(14-21(20)31-2)19-15-27(18-6-4-3-5-7-18)25-23(19)24(29)33-16-22(28)26-10-12-32-13-11-26/h3-9,14-15H,10-13,16H2,1-2H3. The van der Waals surface area contributed by atoms with Gasteiger partial charge in [0.1, 0.15) is 0 Å². The summed E-state index contributed by atoms with van der Waals surface area (Å²) in [7, 11) is 3.10. The lowest BCUT2D eigenvalue weighted by Gasteiger charge is -2.26. The molecule has 0 saturated carbocycles. The molecule has 0 aliphatic carbocycles. The van der Waals surface area contributed by atoms with Crippen LogP contribution < -0.4 is 9.47 Å². The van der Waals surface area contributed by atoms with E-state index in [4.69, 9.17) is 18.9 Å². The van der Waals surface area contributed by atoms with Crippen LogP contribution in [0.5, 0.6) is 11.5 Å². The maximum absolute atomic E-state index is 13.0. The van der Waals surface area contributed by atoms with Gasteiger partial charge in [0, 0.05) is 24.8 Å². The highest BCUT2D eigenvalue weighted by atomic mass is 16.5. The van der Waals surface area contributed by atoms with E-state index in [9.17, 15) is 9.59 Å². The number of aromatic nitrogens is 2. The van der Waals surface area contributed by atoms with Crippen molar-refractivity contribution in [3.8, 4) is 28.3 Å². The average Bonchev–Trinajstić information content (AvgIpc) is 3.33. The van der Waals surface area contributed by atoms with Gasteiger partial charge < -0.3 is 23.8 Å². The zero-order valence-corrected chi connectivity index (χ0v) is 18.5. The molecule has 2 aromatic carbocycles. The van der Waals surface area contributed by atoms with Crippen LogP contribution in [0.15, 0.2) is 54.7 Å². The number of esters is 1. The van der Waals surface area contributed by atoms with Crippen molar-refractivity contribution in [3.63, 3.8) is 0 Å². The van der Waals surface area contributed by atoms with Crippen molar-refractivity contribution in [1.29, 1.82) is 0 Å². The Morgan fingerprint density at radius 1 is 1.00 bits per heavy atom. The highest BCUT2D eigenvalue weighted by Crippen LogP contribution is 2.34. The highest BCUT2D eigenvalue weighted by molar-refractivity contribution is 5.96. The minimum absolute atomic E-state index is 0.0980. The summed E-state index contributed by atoms with van der Waals surface area (Å²) in [6.45, 7) is 1.56. The molecule has 9 heteroatoms. The molecule has 1 aliphatic rings. The molecule has 1 saturated heterocycles. The number of methoxy groups -OCH3 is 2. The maximum Gasteiger partial charge on any atom is 0.360 e. The Labute approximate surface area is 191 Å². The van der Waals surface area contributed by atoms with Crippen molar-refractivity contribution in [2.45, 2.75) is 0 Å². The molecule has 0 radical (unpaired) electrons. The van der Waals surface area contributed by atoms with Gasteiger partial charge in [0.05, 0.1) is 33.1 Å². The number of amides is 1. The van der Waals surface area contributed by atoms with Crippen LogP contribution in [0.4, 0.5) is 0 Å². The fourth-order valence-corrected chi connectivity index (χ4v) is 3.55. The van der Waals surface area contributed by atoms with Crippen LogP contribution in [0, 0.1) is 0 Å². The van der Waals surface area contributed by atoms with E-state index >= 15 is 0 Å². The van der Waals surface area contributed by atoms with Gasteiger partial charge in [-0.1, -0.05) is 24.3 Å². The third kappa shape index (κ3) is 4.98. The van der Waals surface area contributed by atoms with E-state index in [-0.39, 0.29) is 18.2 Å². The molecule has 33 heavy (non-hydrogen) atoms. The summed E-state index contributed by atoms with van der Waals surface area (Å²) in [5, 5.41) is 4.47. The Morgan fingerprint density at radius 3 is 2.42 bits per heavy atom. The zero-order valence-electron chi connectivity index (χ0n) is 18.5. The summed E-state index contributed by atoms with van der Waals surface area (Å²) >= 11 is 0. The number of nitrogens with zero attached hydrogens (tertiary/aromatic N) is 3. The number of carbonyl (C=O) groups excluding carboxylic acids is 2. The molecule has 1 aliphatic heterocycles. The highest BCUT2D eigenvalue weighted by Gasteiger charge is 2.24. The van der Waals surface area contributed by atoms with Gasteiger partial charge in [-0.2, -0.15) is 5.10 Å². The normalized spacial score (nSPS) is 13.5. The topological polar surface area (TPSA) is 92.1 Å². The van der Waals surface area contributed by atoms with E-state index in [2.05, 4.69) is 5.10 Å². The number of rotatable bonds is 7. The van der Waals surface area contributed by atoms with Crippen molar-refractivity contribution in [2.75, 3.05) is 47.1 Å². The first-order valence-electron chi connectivity index (χ1n) is 10.5. The molecule has 0 N–H and O–H groups in total. The van der Waals surface area contributed by atoms with Crippen LogP contribution in [-0.4, -0.2) is 73.7 Å². The van der Waals surface area contributed by atoms with Crippen LogP contribution in [0.2, 0.25) is 0 Å². The maximum atomic E-state index is 13.0. The van der Waals surface area contributed by atoms with Crippen LogP contribution in [-0.2, 0) is 14.3 Å². The molecule has 2 heterocycles. The Hall–Kier alpha value is -3.85. The number of hydrogen-bond donors (Lipinski definition) is 0. The molecule has 3 aromatic rings. The first-order valence-corrected chi connectivity index (χ1v) is 10.5. The van der Waals surface area contributed by atoms with E-state index < -0.39 is 5.97 Å². The number of benzene rings is 2. The lowest BCUT2D eigenvalue weighted by atomic mass is 10.1. The van der Waals surface area contributed by atoms with Crippen LogP contribution in [0.25, 0.3) is 16.8 Å².